The molecular formula is C29H34N10O14P2-2. The maximum absolute atomic E-state index is 13.5. The van der Waals surface area contributed by atoms with Crippen molar-refractivity contribution in [1.82, 2.24) is 39.0 Å². The number of ether oxygens (including phenoxy) is 4. The van der Waals surface area contributed by atoms with Crippen molar-refractivity contribution < 1.29 is 65.9 Å². The lowest BCUT2D eigenvalue weighted by molar-refractivity contribution is -0.240. The predicted octanol–water partition coefficient (Wildman–Crippen LogP) is 0.151. The van der Waals surface area contributed by atoms with Gasteiger partial charge >= 0.3 is 6.16 Å². The molecule has 2 bridgehead atoms. The Kier molecular flexibility index (Phi) is 10.3. The zero-order chi connectivity index (χ0) is 38.5. The first-order valence-electron chi connectivity index (χ1n) is 17.0. The van der Waals surface area contributed by atoms with Gasteiger partial charge in [0.2, 0.25) is 0 Å². The number of nitrogens with two attached hydrogens (primary N) is 2. The van der Waals surface area contributed by atoms with Gasteiger partial charge in [-0.25, -0.2) is 34.7 Å². The van der Waals surface area contributed by atoms with E-state index in [2.05, 4.69) is 29.9 Å². The maximum atomic E-state index is 13.5. The number of phosphoric acid groups is 2. The van der Waals surface area contributed by atoms with Crippen LogP contribution in [0.3, 0.4) is 0 Å². The summed E-state index contributed by atoms with van der Waals surface area (Å²) in [6.45, 7) is -1.85. The Bertz CT molecular complexity index is 2190. The number of anilines is 2. The standard InChI is InChI=1S/C29H36N10O14P2/c30-23-17-25(34-10-32-23)38(12-36-17)27-21-19(40)15(49-27)8-46-54(42,43)52-20-16(9-47-55(44,45)53-21)50-28(39-13-37-18-24(31)33-11-35-26(18)39)22(20)51-29(41)48-14-6-4-2-1-3-5-7-14/h4,6,10-16,19-22,27-28,40H,1-3,5,7-9H2,(H,42,43)(H,44,45)(H2,30,32,34)(H2,31,33,35)/p-2/b6-4+/t14?,15-,16-,19-,20-,21-,22-,27-,28-/m1/s1. The molecule has 3 aliphatic heterocycles. The third-order valence-corrected chi connectivity index (χ3v) is 11.3. The van der Waals surface area contributed by atoms with E-state index in [0.717, 1.165) is 38.3 Å². The van der Waals surface area contributed by atoms with Crippen LogP contribution in [0.25, 0.3) is 22.3 Å². The molecule has 4 aliphatic rings. The monoisotopic (exact) mass is 808 g/mol. The molecule has 296 valence electrons. The SMILES string of the molecule is Nc1ncnc2c1ncn2[C@@H]1O[C@@H]2COP(=O)([O-])O[C@H]3[C@@H](OC(=O)OC4/C=C/CCCCC4)[C@H](n4cnc5c(N)ncnc54)O[C@@H]3COP(=O)([O-])O[C@@H]1[C@@H]2O. The molecule has 3 unspecified atom stereocenters. The molecule has 0 radical (unpaired) electrons. The van der Waals surface area contributed by atoms with E-state index >= 15 is 0 Å². The molecule has 3 fully saturated rings. The average molecular weight is 809 g/mol. The number of fused-ring (bicyclic) bond motifs is 5. The molecule has 8 rings (SSSR count). The van der Waals surface area contributed by atoms with Crippen molar-refractivity contribution in [2.75, 3.05) is 24.7 Å². The molecule has 11 atom stereocenters. The number of phosphoric ester groups is 2. The van der Waals surface area contributed by atoms with Gasteiger partial charge in [-0.3, -0.25) is 18.3 Å². The fourth-order valence-corrected chi connectivity index (χ4v) is 8.66. The normalized spacial score (nSPS) is 36.5. The third kappa shape index (κ3) is 7.67. The molecule has 0 saturated carbocycles. The number of aliphatic hydroxyl groups excluding tert-OH is 1. The molecule has 5 N–H and O–H groups in total. The van der Waals surface area contributed by atoms with Crippen molar-refractivity contribution in [3.63, 3.8) is 0 Å². The highest BCUT2D eigenvalue weighted by atomic mass is 31.2. The molecule has 0 spiro atoms. The van der Waals surface area contributed by atoms with Crippen LogP contribution in [0.4, 0.5) is 16.4 Å². The van der Waals surface area contributed by atoms with Crippen LogP contribution < -0.4 is 21.3 Å². The maximum Gasteiger partial charge on any atom is 0.509 e. The average Bonchev–Trinajstić information content (AvgIpc) is 3.89. The van der Waals surface area contributed by atoms with Gasteiger partial charge in [-0.1, -0.05) is 12.5 Å². The van der Waals surface area contributed by atoms with Crippen molar-refractivity contribution in [3.05, 3.63) is 37.5 Å². The number of rotatable bonds is 4. The number of allylic oxidation sites excluding steroid dienone is 1. The number of aliphatic hydroxyl groups is 1. The molecule has 55 heavy (non-hydrogen) atoms. The van der Waals surface area contributed by atoms with Crippen molar-refractivity contribution in [1.29, 1.82) is 0 Å². The van der Waals surface area contributed by atoms with Crippen molar-refractivity contribution in [2.24, 2.45) is 0 Å². The van der Waals surface area contributed by atoms with Gasteiger partial charge in [0, 0.05) is 0 Å². The Labute approximate surface area is 309 Å². The van der Waals surface area contributed by atoms with Crippen LogP contribution in [-0.4, -0.2) is 106 Å². The quantitative estimate of drug-likeness (QED) is 0.140. The first-order chi connectivity index (χ1) is 26.4. The number of hydrogen-bond donors (Lipinski definition) is 3. The molecule has 0 amide bonds. The Hall–Kier alpha value is -4.19. The Morgan fingerprint density at radius 3 is 2.07 bits per heavy atom. The number of nitrogen functional groups attached to an aromatic ring is 2. The minimum atomic E-state index is -5.46. The first-order valence-corrected chi connectivity index (χ1v) is 20.0. The van der Waals surface area contributed by atoms with Crippen LogP contribution in [0.1, 0.15) is 44.6 Å². The zero-order valence-electron chi connectivity index (χ0n) is 28.5. The third-order valence-electron chi connectivity index (χ3n) is 9.41. The molecule has 24 nitrogen and oxygen atoms in total. The van der Waals surface area contributed by atoms with E-state index in [0.29, 0.717) is 6.42 Å². The second-order valence-electron chi connectivity index (χ2n) is 13.0. The second-order valence-corrected chi connectivity index (χ2v) is 15.7. The van der Waals surface area contributed by atoms with Gasteiger partial charge < -0.3 is 63.4 Å². The number of hydrogen-bond acceptors (Lipinski definition) is 22. The van der Waals surface area contributed by atoms with Crippen LogP contribution in [0.5, 0.6) is 0 Å². The highest BCUT2D eigenvalue weighted by Gasteiger charge is 2.53. The van der Waals surface area contributed by atoms with Crippen LogP contribution in [0, 0.1) is 0 Å². The second kappa shape index (κ2) is 15.0. The number of nitrogens with zero attached hydrogens (tertiary/aromatic N) is 8. The van der Waals surface area contributed by atoms with E-state index in [9.17, 15) is 28.8 Å². The Morgan fingerprint density at radius 2 is 1.40 bits per heavy atom. The lowest BCUT2D eigenvalue weighted by Gasteiger charge is -2.32. The molecule has 0 aromatic carbocycles. The zero-order valence-corrected chi connectivity index (χ0v) is 30.3. The number of carbonyl (C=O) groups excluding carboxylic acids is 1. The summed E-state index contributed by atoms with van der Waals surface area (Å²) in [4.78, 5) is 64.8. The van der Waals surface area contributed by atoms with E-state index < -0.39 is 90.2 Å². The summed E-state index contributed by atoms with van der Waals surface area (Å²) in [5.41, 5.74) is 12.3. The summed E-state index contributed by atoms with van der Waals surface area (Å²) in [7, 11) is -10.9. The van der Waals surface area contributed by atoms with Crippen molar-refractivity contribution >= 4 is 55.8 Å². The fourth-order valence-electron chi connectivity index (χ4n) is 6.80. The lowest BCUT2D eigenvalue weighted by Crippen LogP contribution is -2.40. The van der Waals surface area contributed by atoms with Gasteiger partial charge in [-0.15, -0.1) is 0 Å². The Morgan fingerprint density at radius 1 is 0.800 bits per heavy atom. The number of aromatic nitrogens is 8. The van der Waals surface area contributed by atoms with Crippen LogP contribution in [0.2, 0.25) is 0 Å². The highest BCUT2D eigenvalue weighted by Crippen LogP contribution is 2.51. The summed E-state index contributed by atoms with van der Waals surface area (Å²) < 4.78 is 74.0. The van der Waals surface area contributed by atoms with Gasteiger partial charge in [0.25, 0.3) is 15.6 Å². The minimum Gasteiger partial charge on any atom is -0.756 e. The first kappa shape index (κ1) is 37.7. The molecule has 3 saturated heterocycles. The van der Waals surface area contributed by atoms with E-state index in [1.807, 2.05) is 6.08 Å². The molecule has 26 heteroatoms. The number of carbonyl (C=O) groups is 1. The van der Waals surface area contributed by atoms with E-state index in [4.69, 9.17) is 48.5 Å². The molecule has 4 aromatic heterocycles. The molecule has 4 aromatic rings. The largest absolute Gasteiger partial charge is 0.756 e. The molecule has 1 aliphatic carbocycles. The van der Waals surface area contributed by atoms with Gasteiger partial charge in [0.05, 0.1) is 25.9 Å². The van der Waals surface area contributed by atoms with Crippen molar-refractivity contribution in [2.45, 2.75) is 87.3 Å². The molecule has 7 heterocycles. The topological polar surface area (TPSA) is 331 Å². The highest BCUT2D eigenvalue weighted by molar-refractivity contribution is 7.46. The van der Waals surface area contributed by atoms with Crippen LogP contribution in [0.15, 0.2) is 37.5 Å². The summed E-state index contributed by atoms with van der Waals surface area (Å²) in [6.07, 6.45) is -2.73. The van der Waals surface area contributed by atoms with Gasteiger partial charge in [0.15, 0.2) is 41.5 Å². The Balaban J connectivity index is 1.11. The predicted molar refractivity (Wildman–Crippen MR) is 178 cm³/mol. The van der Waals surface area contributed by atoms with E-state index in [-0.39, 0.29) is 34.0 Å². The summed E-state index contributed by atoms with van der Waals surface area (Å²) in [5.74, 6) is -0.00370. The van der Waals surface area contributed by atoms with Gasteiger partial charge in [-0.2, -0.15) is 0 Å². The fraction of sp³-hybridized carbons (Fsp3) is 0.552. The minimum absolute atomic E-state index is 0.000294. The summed E-state index contributed by atoms with van der Waals surface area (Å²) in [6, 6.07) is 0. The molecular weight excluding hydrogens is 774 g/mol. The number of imidazole rings is 2. The summed E-state index contributed by atoms with van der Waals surface area (Å²) in [5, 5.41) is 11.2. The van der Waals surface area contributed by atoms with Crippen LogP contribution >= 0.6 is 15.6 Å². The van der Waals surface area contributed by atoms with Gasteiger partial charge in [0.1, 0.15) is 60.3 Å². The smallest absolute Gasteiger partial charge is 0.509 e. The van der Waals surface area contributed by atoms with Crippen molar-refractivity contribution in [3.8, 4) is 0 Å². The van der Waals surface area contributed by atoms with E-state index in [1.165, 1.54) is 21.8 Å². The lowest BCUT2D eigenvalue weighted by atomic mass is 10.0. The summed E-state index contributed by atoms with van der Waals surface area (Å²) >= 11 is 0. The van der Waals surface area contributed by atoms with E-state index in [1.54, 1.807) is 6.08 Å². The van der Waals surface area contributed by atoms with Crippen LogP contribution in [-0.2, 0) is 46.2 Å². The van der Waals surface area contributed by atoms with Gasteiger partial charge in [-0.05, 0) is 31.8 Å².